The average molecular weight is 329 g/mol. The van der Waals surface area contributed by atoms with Crippen molar-refractivity contribution in [2.75, 3.05) is 25.1 Å². The van der Waals surface area contributed by atoms with E-state index in [0.717, 1.165) is 31.7 Å². The minimum absolute atomic E-state index is 0.0276. The summed E-state index contributed by atoms with van der Waals surface area (Å²) in [4.78, 5) is 12.1. The molecule has 0 aliphatic carbocycles. The predicted molar refractivity (Wildman–Crippen MR) is 91.2 cm³/mol. The molecule has 0 spiro atoms. The Kier molecular flexibility index (Phi) is 5.15. The molecule has 1 amide bonds. The van der Waals surface area contributed by atoms with Crippen molar-refractivity contribution < 1.29 is 14.3 Å². The molecule has 3 rings (SSSR count). The quantitative estimate of drug-likeness (QED) is 0.884. The molecule has 2 aromatic rings. The molecular formula is C18H23N3O3. The molecule has 2 heterocycles. The third-order valence-corrected chi connectivity index (χ3v) is 4.29. The maximum absolute atomic E-state index is 12.1. The second-order valence-electron chi connectivity index (χ2n) is 6.21. The third kappa shape index (κ3) is 4.14. The lowest BCUT2D eigenvalue weighted by molar-refractivity contribution is -0.118. The highest BCUT2D eigenvalue weighted by atomic mass is 16.5. The van der Waals surface area contributed by atoms with Gasteiger partial charge in [-0.25, -0.2) is 4.68 Å². The topological polar surface area (TPSA) is 65.4 Å². The number of aryl methyl sites for hydroxylation is 2. The van der Waals surface area contributed by atoms with Crippen molar-refractivity contribution in [3.8, 4) is 5.75 Å². The molecule has 1 aliphatic rings. The average Bonchev–Trinajstić information content (AvgIpc) is 3.22. The molecule has 1 aromatic carbocycles. The van der Waals surface area contributed by atoms with E-state index in [1.54, 1.807) is 12.3 Å². The van der Waals surface area contributed by atoms with E-state index in [-0.39, 0.29) is 12.5 Å². The number of amides is 1. The van der Waals surface area contributed by atoms with E-state index in [1.807, 2.05) is 36.7 Å². The van der Waals surface area contributed by atoms with Crippen LogP contribution in [-0.4, -0.2) is 35.5 Å². The molecule has 1 aromatic heterocycles. The van der Waals surface area contributed by atoms with Crippen molar-refractivity contribution in [3.63, 3.8) is 0 Å². The number of rotatable bonds is 6. The van der Waals surface area contributed by atoms with Gasteiger partial charge < -0.3 is 14.8 Å². The Balaban J connectivity index is 1.53. The molecule has 1 N–H and O–H groups in total. The van der Waals surface area contributed by atoms with Crippen LogP contribution in [-0.2, 0) is 16.1 Å². The summed E-state index contributed by atoms with van der Waals surface area (Å²) in [6.45, 7) is 6.34. The highest BCUT2D eigenvalue weighted by Crippen LogP contribution is 2.18. The van der Waals surface area contributed by atoms with Crippen LogP contribution < -0.4 is 10.1 Å². The van der Waals surface area contributed by atoms with Crippen molar-refractivity contribution in [2.24, 2.45) is 5.92 Å². The molecule has 1 unspecified atom stereocenters. The first-order valence-electron chi connectivity index (χ1n) is 8.21. The van der Waals surface area contributed by atoms with E-state index < -0.39 is 0 Å². The van der Waals surface area contributed by atoms with Gasteiger partial charge in [0.2, 0.25) is 0 Å². The van der Waals surface area contributed by atoms with Gasteiger partial charge in [0.15, 0.2) is 6.61 Å². The Morgan fingerprint density at radius 2 is 2.25 bits per heavy atom. The largest absolute Gasteiger partial charge is 0.484 e. The number of nitrogens with zero attached hydrogens (tertiary/aromatic N) is 2. The van der Waals surface area contributed by atoms with Crippen LogP contribution in [0.5, 0.6) is 5.75 Å². The minimum atomic E-state index is -0.197. The zero-order valence-corrected chi connectivity index (χ0v) is 14.1. The summed E-state index contributed by atoms with van der Waals surface area (Å²) >= 11 is 0. The lowest BCUT2D eigenvalue weighted by Crippen LogP contribution is -2.23. The third-order valence-electron chi connectivity index (χ3n) is 4.29. The number of hydrogen-bond donors (Lipinski definition) is 1. The van der Waals surface area contributed by atoms with Crippen LogP contribution >= 0.6 is 0 Å². The summed E-state index contributed by atoms with van der Waals surface area (Å²) in [6, 6.07) is 7.60. The van der Waals surface area contributed by atoms with Crippen molar-refractivity contribution >= 4 is 11.7 Å². The molecule has 24 heavy (non-hydrogen) atoms. The maximum atomic E-state index is 12.1. The fourth-order valence-corrected chi connectivity index (χ4v) is 2.69. The van der Waals surface area contributed by atoms with Crippen LogP contribution in [0.25, 0.3) is 0 Å². The van der Waals surface area contributed by atoms with Crippen LogP contribution in [0.4, 0.5) is 5.82 Å². The number of carbonyl (C=O) groups excluding carboxylic acids is 1. The van der Waals surface area contributed by atoms with Gasteiger partial charge in [0, 0.05) is 25.1 Å². The Morgan fingerprint density at radius 3 is 3.00 bits per heavy atom. The molecule has 0 bridgehead atoms. The van der Waals surface area contributed by atoms with E-state index in [2.05, 4.69) is 10.4 Å². The van der Waals surface area contributed by atoms with E-state index in [1.165, 1.54) is 5.56 Å². The molecule has 1 fully saturated rings. The lowest BCUT2D eigenvalue weighted by atomic mass is 10.1. The summed E-state index contributed by atoms with van der Waals surface area (Å²) in [7, 11) is 0. The van der Waals surface area contributed by atoms with Crippen molar-refractivity contribution in [2.45, 2.75) is 26.8 Å². The van der Waals surface area contributed by atoms with Gasteiger partial charge in [-0.05, 0) is 43.5 Å². The smallest absolute Gasteiger partial charge is 0.263 e. The monoisotopic (exact) mass is 329 g/mol. The fourth-order valence-electron chi connectivity index (χ4n) is 2.69. The van der Waals surface area contributed by atoms with Crippen LogP contribution in [0.3, 0.4) is 0 Å². The van der Waals surface area contributed by atoms with Gasteiger partial charge in [-0.3, -0.25) is 4.79 Å². The lowest BCUT2D eigenvalue weighted by Gasteiger charge is -2.13. The highest BCUT2D eigenvalue weighted by molar-refractivity contribution is 5.91. The summed E-state index contributed by atoms with van der Waals surface area (Å²) in [5.74, 6) is 1.64. The first-order valence-corrected chi connectivity index (χ1v) is 8.21. The number of anilines is 1. The summed E-state index contributed by atoms with van der Waals surface area (Å²) in [6.07, 6.45) is 2.72. The number of benzene rings is 1. The molecule has 1 saturated heterocycles. The van der Waals surface area contributed by atoms with Crippen molar-refractivity contribution in [1.82, 2.24) is 9.78 Å². The van der Waals surface area contributed by atoms with Crippen LogP contribution in [0.15, 0.2) is 30.5 Å². The van der Waals surface area contributed by atoms with Gasteiger partial charge >= 0.3 is 0 Å². The molecule has 128 valence electrons. The number of hydrogen-bond acceptors (Lipinski definition) is 4. The molecule has 0 radical (unpaired) electrons. The molecule has 1 aliphatic heterocycles. The Hall–Kier alpha value is -2.34. The summed E-state index contributed by atoms with van der Waals surface area (Å²) in [5, 5.41) is 7.13. The van der Waals surface area contributed by atoms with E-state index in [9.17, 15) is 4.79 Å². The molecule has 0 saturated carbocycles. The zero-order valence-electron chi connectivity index (χ0n) is 14.1. The first kappa shape index (κ1) is 16.5. The summed E-state index contributed by atoms with van der Waals surface area (Å²) in [5.41, 5.74) is 2.34. The molecular weight excluding hydrogens is 306 g/mol. The van der Waals surface area contributed by atoms with Gasteiger partial charge in [-0.15, -0.1) is 0 Å². The fraction of sp³-hybridized carbons (Fsp3) is 0.444. The first-order chi connectivity index (χ1) is 11.6. The predicted octanol–water partition coefficient (Wildman–Crippen LogP) is 2.55. The normalized spacial score (nSPS) is 17.0. The summed E-state index contributed by atoms with van der Waals surface area (Å²) < 4.78 is 12.8. The van der Waals surface area contributed by atoms with Gasteiger partial charge in [0.05, 0.1) is 12.8 Å². The van der Waals surface area contributed by atoms with Gasteiger partial charge in [0.25, 0.3) is 5.91 Å². The SMILES string of the molecule is Cc1ccc(OCC(=O)Nc2ccnn2CC2CCOC2)cc1C. The van der Waals surface area contributed by atoms with Crippen LogP contribution in [0, 0.1) is 19.8 Å². The van der Waals surface area contributed by atoms with Crippen LogP contribution in [0.1, 0.15) is 17.5 Å². The number of nitrogens with one attached hydrogen (secondary N) is 1. The molecule has 6 heteroatoms. The number of aromatic nitrogens is 2. The standard InChI is InChI=1S/C18H23N3O3/c1-13-3-4-16(9-14(13)2)24-12-18(22)20-17-5-7-19-21(17)10-15-6-8-23-11-15/h3-5,7,9,15H,6,8,10-12H2,1-2H3,(H,20,22). The highest BCUT2D eigenvalue weighted by Gasteiger charge is 2.18. The second-order valence-corrected chi connectivity index (χ2v) is 6.21. The number of carbonyl (C=O) groups is 1. The van der Waals surface area contributed by atoms with E-state index in [4.69, 9.17) is 9.47 Å². The van der Waals surface area contributed by atoms with Crippen molar-refractivity contribution in [1.29, 1.82) is 0 Å². The van der Waals surface area contributed by atoms with Gasteiger partial charge in [-0.1, -0.05) is 6.07 Å². The second kappa shape index (κ2) is 7.49. The van der Waals surface area contributed by atoms with E-state index in [0.29, 0.717) is 17.5 Å². The Labute approximate surface area is 141 Å². The van der Waals surface area contributed by atoms with Gasteiger partial charge in [-0.2, -0.15) is 5.10 Å². The minimum Gasteiger partial charge on any atom is -0.484 e. The van der Waals surface area contributed by atoms with E-state index >= 15 is 0 Å². The molecule has 1 atom stereocenters. The van der Waals surface area contributed by atoms with Gasteiger partial charge in [0.1, 0.15) is 11.6 Å². The maximum Gasteiger partial charge on any atom is 0.263 e. The Bertz CT molecular complexity index is 705. The van der Waals surface area contributed by atoms with Crippen LogP contribution in [0.2, 0.25) is 0 Å². The van der Waals surface area contributed by atoms with Crippen molar-refractivity contribution in [3.05, 3.63) is 41.6 Å². The molecule has 6 nitrogen and oxygen atoms in total. The number of ether oxygens (including phenoxy) is 2. The Morgan fingerprint density at radius 1 is 1.38 bits per heavy atom. The zero-order chi connectivity index (χ0) is 16.9.